The molecule has 0 radical (unpaired) electrons. The lowest BCUT2D eigenvalue weighted by Gasteiger charge is -2.28. The van der Waals surface area contributed by atoms with Crippen LogP contribution in [-0.2, 0) is 44.5 Å². The number of para-hydroxylation sites is 3. The number of anilines is 6. The van der Waals surface area contributed by atoms with Gasteiger partial charge in [-0.3, -0.25) is 14.4 Å². The van der Waals surface area contributed by atoms with E-state index in [0.717, 1.165) is 121 Å². The van der Waals surface area contributed by atoms with E-state index in [9.17, 15) is 34.8 Å². The molecular weight excluding hydrogens is 1220 g/mol. The molecule has 0 atom stereocenters. The molecule has 6 aliphatic heterocycles. The number of carbonyl (C=O) groups is 3. The molecule has 0 aliphatic carbocycles. The smallest absolute Gasteiger partial charge is 0.290 e. The second kappa shape index (κ2) is 25.6. The summed E-state index contributed by atoms with van der Waals surface area (Å²) in [4.78, 5) is 40.1. The molecule has 0 bridgehead atoms. The van der Waals surface area contributed by atoms with Crippen LogP contribution in [0.15, 0.2) is 148 Å². The van der Waals surface area contributed by atoms with Crippen LogP contribution in [0, 0.1) is 0 Å². The zero-order chi connectivity index (χ0) is 62.7. The van der Waals surface area contributed by atoms with Crippen molar-refractivity contribution in [2.24, 2.45) is 0 Å². The zero-order valence-electron chi connectivity index (χ0n) is 48.7. The highest BCUT2D eigenvalue weighted by atomic mass is 32.2. The van der Waals surface area contributed by atoms with Crippen molar-refractivity contribution in [1.82, 2.24) is 38.3 Å². The summed E-state index contributed by atoms with van der Waals surface area (Å²) >= 11 is 0. The first kappa shape index (κ1) is 60.8. The maximum Gasteiger partial charge on any atom is 0.290 e. The Bertz CT molecular complexity index is 4370. The van der Waals surface area contributed by atoms with Crippen LogP contribution in [0.4, 0.5) is 34.4 Å². The fourth-order valence-corrected chi connectivity index (χ4v) is 15.3. The van der Waals surface area contributed by atoms with Crippen LogP contribution in [0.1, 0.15) is 0 Å². The number of piperazine rings is 3. The maximum atomic E-state index is 13.5. The number of nitrogens with zero attached hydrogens (tertiary/aromatic N) is 9. The largest absolute Gasteiger partial charge is 0.490 e. The number of nitrogens with one attached hydrogen (secondary N) is 5. The van der Waals surface area contributed by atoms with E-state index in [1.165, 1.54) is 34.3 Å². The lowest BCUT2D eigenvalue weighted by atomic mass is 10.2. The summed E-state index contributed by atoms with van der Waals surface area (Å²) in [7, 11) is -9.71. The summed E-state index contributed by atoms with van der Waals surface area (Å²) in [5.74, 6) is 2.09. The van der Waals surface area contributed by atoms with Gasteiger partial charge in [0.2, 0.25) is 0 Å². The Labute approximate surface area is 517 Å². The third-order valence-corrected chi connectivity index (χ3v) is 20.7. The van der Waals surface area contributed by atoms with Gasteiger partial charge in [0.1, 0.15) is 23.9 Å². The minimum Gasteiger partial charge on any atom is -0.490 e. The highest BCUT2D eigenvalue weighted by Gasteiger charge is 2.31. The summed E-state index contributed by atoms with van der Waals surface area (Å²) in [6, 6.07) is 36.2. The minimum absolute atomic E-state index is 0.0486. The fraction of sp³-hybridized carbons (Fsp3) is 0.283. The predicted molar refractivity (Wildman–Crippen MR) is 339 cm³/mol. The lowest BCUT2D eigenvalue weighted by molar-refractivity contribution is -0.123. The van der Waals surface area contributed by atoms with E-state index in [0.29, 0.717) is 63.4 Å². The van der Waals surface area contributed by atoms with E-state index in [1.807, 2.05) is 61.6 Å². The average molecular weight is 1290 g/mol. The molecule has 0 unspecified atom stereocenters. The molecule has 27 nitrogen and oxygen atoms in total. The number of carboxylic acid groups (broad SMARTS) is 1. The molecular formula is C60H64N14O13S3. The number of aromatic nitrogens is 5. The molecule has 3 aromatic heterocycles. The first-order chi connectivity index (χ1) is 43.5. The van der Waals surface area contributed by atoms with E-state index in [-0.39, 0.29) is 46.2 Å². The first-order valence-corrected chi connectivity index (χ1v) is 33.3. The predicted octanol–water partition coefficient (Wildman–Crippen LogP) is 3.84. The van der Waals surface area contributed by atoms with Crippen LogP contribution in [0.25, 0.3) is 32.7 Å². The molecule has 6 aliphatic rings. The topological polar surface area (TPSA) is 315 Å². The van der Waals surface area contributed by atoms with E-state index in [2.05, 4.69) is 56.4 Å². The highest BCUT2D eigenvalue weighted by Crippen LogP contribution is 2.39. The molecule has 3 fully saturated rings. The Hall–Kier alpha value is -9.46. The number of rotatable bonds is 9. The molecule has 30 heteroatoms. The number of hydrogen-bond donors (Lipinski definition) is 6. The van der Waals surface area contributed by atoms with Gasteiger partial charge >= 0.3 is 0 Å². The van der Waals surface area contributed by atoms with Crippen molar-refractivity contribution >= 4 is 115 Å². The van der Waals surface area contributed by atoms with Crippen molar-refractivity contribution in [3.8, 4) is 17.2 Å². The SMILES string of the molecule is CN1CCOc2cc(S(=O)(=O)n3nc(N4CCNCC4)c4ccccc43)ccc21.O=C1COc2cc(S(=O)(=O)n3cc(N4CCNCC4)c4ccccc43)ccc2N1.O=C1COc2cc(S(=O)(=O)n3nc(N4CCNCC4)c4ccccc43)ccc2N1.O=CO. The van der Waals surface area contributed by atoms with Crippen molar-refractivity contribution in [3.05, 3.63) is 134 Å². The molecule has 2 amide bonds. The monoisotopic (exact) mass is 1280 g/mol. The Balaban J connectivity index is 0.000000128. The normalized spacial score (nSPS) is 16.6. The van der Waals surface area contributed by atoms with Crippen molar-refractivity contribution < 1.29 is 59.0 Å². The lowest BCUT2D eigenvalue weighted by Crippen LogP contribution is -2.43. The van der Waals surface area contributed by atoms with Crippen LogP contribution >= 0.6 is 0 Å². The van der Waals surface area contributed by atoms with Gasteiger partial charge in [-0.15, -0.1) is 10.2 Å². The van der Waals surface area contributed by atoms with Crippen LogP contribution in [0.3, 0.4) is 0 Å². The van der Waals surface area contributed by atoms with Gasteiger partial charge in [0.25, 0.3) is 48.4 Å². The van der Waals surface area contributed by atoms with Crippen molar-refractivity contribution in [2.75, 3.05) is 142 Å². The standard InChI is InChI=1S/C20H23N5O3S.C20H20N4O4S.C19H19N5O4S.CH2O2/c1-23-12-13-28-19-14-15(6-7-18(19)23)29(26,27)25-17-5-3-2-4-16(17)20(22-25)24-10-8-21-9-11-24;25-20-13-28-19-11-14(5-6-16(19)22-20)29(26,27)24-12-18(23-9-7-21-8-10-23)15-3-1-2-4-17(15)24;25-18-12-28-17-11-13(5-6-15(17)21-18)29(26,27)24-16-4-2-1-3-14(16)19(22-24)23-9-7-20-8-10-23;2-1-3/h2-7,14,21H,8-13H2,1H3;1-6,11-12,21H,7-10,13H2,(H,22,25);1-6,11,20H,7-10,12H2,(H,21,25);1H,(H,2,3). The second-order valence-electron chi connectivity index (χ2n) is 21.4. The van der Waals surface area contributed by atoms with Crippen molar-refractivity contribution in [3.63, 3.8) is 0 Å². The Morgan fingerprint density at radius 2 is 0.889 bits per heavy atom. The quantitative estimate of drug-likeness (QED) is 0.112. The van der Waals surface area contributed by atoms with Gasteiger partial charge in [0.05, 0.1) is 60.5 Å². The van der Waals surface area contributed by atoms with Gasteiger partial charge < -0.3 is 65.5 Å². The Morgan fingerprint density at radius 1 is 0.478 bits per heavy atom. The van der Waals surface area contributed by atoms with E-state index in [1.54, 1.807) is 48.7 Å². The van der Waals surface area contributed by atoms with Gasteiger partial charge in [-0.1, -0.05) is 42.5 Å². The molecule has 3 saturated heterocycles. The number of hydrogen-bond acceptors (Lipinski definition) is 21. The minimum atomic E-state index is -3.96. The highest BCUT2D eigenvalue weighted by molar-refractivity contribution is 7.90. The number of ether oxygens (including phenoxy) is 3. The molecule has 9 heterocycles. The summed E-state index contributed by atoms with van der Waals surface area (Å²) in [6.45, 7) is 10.6. The van der Waals surface area contributed by atoms with Gasteiger partial charge in [0.15, 0.2) is 24.8 Å². The summed E-state index contributed by atoms with van der Waals surface area (Å²) < 4.78 is 101. The Morgan fingerprint density at radius 3 is 1.38 bits per heavy atom. The number of fused-ring (bicyclic) bond motifs is 6. The van der Waals surface area contributed by atoms with Crippen LogP contribution in [0.5, 0.6) is 17.2 Å². The number of likely N-dealkylation sites (N-methyl/N-ethyl adjacent to an activating group) is 1. The van der Waals surface area contributed by atoms with Crippen molar-refractivity contribution in [2.45, 2.75) is 14.7 Å². The third-order valence-electron chi connectivity index (χ3n) is 15.8. The van der Waals surface area contributed by atoms with Gasteiger partial charge in [-0.05, 0) is 66.7 Å². The molecule has 90 heavy (non-hydrogen) atoms. The van der Waals surface area contributed by atoms with Crippen molar-refractivity contribution in [1.29, 1.82) is 0 Å². The van der Waals surface area contributed by atoms with Crippen LogP contribution in [-0.4, -0.2) is 183 Å². The molecule has 6 aromatic carbocycles. The summed E-state index contributed by atoms with van der Waals surface area (Å²) in [5, 5.41) is 33.7. The van der Waals surface area contributed by atoms with Crippen LogP contribution in [0.2, 0.25) is 0 Å². The molecule has 470 valence electrons. The third kappa shape index (κ3) is 12.0. The molecule has 9 aromatic rings. The number of amides is 2. The molecule has 0 saturated carbocycles. The van der Waals surface area contributed by atoms with E-state index < -0.39 is 30.1 Å². The van der Waals surface area contributed by atoms with Gasteiger partial charge in [0, 0.05) is 126 Å². The van der Waals surface area contributed by atoms with Gasteiger partial charge in [-0.25, -0.2) is 12.4 Å². The Kier molecular flexibility index (Phi) is 17.3. The van der Waals surface area contributed by atoms with E-state index in [4.69, 9.17) is 24.1 Å². The summed E-state index contributed by atoms with van der Waals surface area (Å²) in [5.41, 5.74) is 4.46. The number of benzene rings is 6. The van der Waals surface area contributed by atoms with Gasteiger partial charge in [-0.2, -0.15) is 25.0 Å². The van der Waals surface area contributed by atoms with E-state index >= 15 is 0 Å². The number of carbonyl (C=O) groups excluding carboxylic acids is 2. The average Bonchev–Trinajstić information content (AvgIpc) is 1.84. The molecule has 0 spiro atoms. The maximum absolute atomic E-state index is 13.5. The summed E-state index contributed by atoms with van der Waals surface area (Å²) in [6.07, 6.45) is 1.70. The second-order valence-corrected chi connectivity index (χ2v) is 26.8. The van der Waals surface area contributed by atoms with Crippen LogP contribution < -0.4 is 60.4 Å². The zero-order valence-corrected chi connectivity index (χ0v) is 51.1. The first-order valence-electron chi connectivity index (χ1n) is 28.9. The molecule has 15 rings (SSSR count). The molecule has 6 N–H and O–H groups in total. The fourth-order valence-electron chi connectivity index (χ4n) is 11.4.